The molecule has 1 rings (SSSR count). The van der Waals surface area contributed by atoms with Crippen molar-refractivity contribution in [2.75, 3.05) is 13.2 Å². The molecule has 5 atom stereocenters. The first-order valence-electron chi connectivity index (χ1n) is 18.5. The highest BCUT2D eigenvalue weighted by molar-refractivity contribution is 4.89. The molecular weight excluding hydrogens is 528 g/mol. The zero-order valence-corrected chi connectivity index (χ0v) is 27.9. The molecule has 0 bridgehead atoms. The fourth-order valence-corrected chi connectivity index (χ4v) is 6.30. The minimum absolute atomic E-state index is 0.392. The third kappa shape index (κ3) is 19.9. The van der Waals surface area contributed by atoms with Gasteiger partial charge in [0.2, 0.25) is 0 Å². The van der Waals surface area contributed by atoms with Crippen LogP contribution in [-0.2, 0) is 9.47 Å². The van der Waals surface area contributed by atoms with Gasteiger partial charge < -0.3 is 29.9 Å². The minimum Gasteiger partial charge on any atom is -0.394 e. The van der Waals surface area contributed by atoms with E-state index in [1.54, 1.807) is 0 Å². The van der Waals surface area contributed by atoms with Crippen molar-refractivity contribution in [1.29, 1.82) is 0 Å². The van der Waals surface area contributed by atoms with Crippen LogP contribution in [0.15, 0.2) is 0 Å². The number of hydrogen-bond donors (Lipinski definition) is 4. The zero-order valence-electron chi connectivity index (χ0n) is 27.9. The molecule has 6 nitrogen and oxygen atoms in total. The van der Waals surface area contributed by atoms with Crippen molar-refractivity contribution in [1.82, 2.24) is 0 Å². The summed E-state index contributed by atoms with van der Waals surface area (Å²) in [6.45, 7) is 4.59. The largest absolute Gasteiger partial charge is 0.394 e. The van der Waals surface area contributed by atoms with Crippen LogP contribution in [0.1, 0.15) is 181 Å². The normalized spacial score (nSPS) is 22.8. The van der Waals surface area contributed by atoms with Crippen LogP contribution in [-0.4, -0.2) is 64.3 Å². The third-order valence-corrected chi connectivity index (χ3v) is 9.28. The van der Waals surface area contributed by atoms with Crippen LogP contribution in [0.25, 0.3) is 0 Å². The van der Waals surface area contributed by atoms with E-state index in [0.717, 1.165) is 12.8 Å². The average Bonchev–Trinajstić information content (AvgIpc) is 3.00. The molecule has 0 aromatic carbocycles. The molecule has 0 radical (unpaired) electrons. The Morgan fingerprint density at radius 2 is 0.857 bits per heavy atom. The van der Waals surface area contributed by atoms with Crippen molar-refractivity contribution in [2.24, 2.45) is 5.92 Å². The molecule has 1 aliphatic heterocycles. The molecular formula is C36H72O6. The Morgan fingerprint density at radius 3 is 1.21 bits per heavy atom. The van der Waals surface area contributed by atoms with E-state index in [9.17, 15) is 20.4 Å². The van der Waals surface area contributed by atoms with Crippen LogP contribution in [0.2, 0.25) is 0 Å². The van der Waals surface area contributed by atoms with Gasteiger partial charge in [0.25, 0.3) is 0 Å². The molecule has 0 unspecified atom stereocenters. The van der Waals surface area contributed by atoms with E-state index in [1.165, 1.54) is 154 Å². The molecule has 0 aromatic heterocycles. The number of hydrogen-bond acceptors (Lipinski definition) is 6. The number of ether oxygens (including phenoxy) is 2. The summed E-state index contributed by atoms with van der Waals surface area (Å²) >= 11 is 0. The maximum Gasteiger partial charge on any atom is 0.186 e. The summed E-state index contributed by atoms with van der Waals surface area (Å²) in [6.07, 6.45) is 28.4. The monoisotopic (exact) mass is 601 g/mol. The van der Waals surface area contributed by atoms with Crippen molar-refractivity contribution in [3.63, 3.8) is 0 Å². The molecule has 1 aliphatic rings. The van der Waals surface area contributed by atoms with Gasteiger partial charge in [-0.3, -0.25) is 0 Å². The molecule has 0 spiro atoms. The Hall–Kier alpha value is -0.240. The van der Waals surface area contributed by atoms with Crippen molar-refractivity contribution >= 4 is 0 Å². The quantitative estimate of drug-likeness (QED) is 0.0616. The van der Waals surface area contributed by atoms with Gasteiger partial charge >= 0.3 is 0 Å². The molecule has 1 heterocycles. The van der Waals surface area contributed by atoms with Gasteiger partial charge in [-0.05, 0) is 18.8 Å². The van der Waals surface area contributed by atoms with Crippen molar-refractivity contribution in [3.05, 3.63) is 0 Å². The van der Waals surface area contributed by atoms with Gasteiger partial charge in [0.1, 0.15) is 24.4 Å². The molecule has 0 aliphatic carbocycles. The fourth-order valence-electron chi connectivity index (χ4n) is 6.30. The highest BCUT2D eigenvalue weighted by Crippen LogP contribution is 2.25. The minimum atomic E-state index is -1.38. The lowest BCUT2D eigenvalue weighted by molar-refractivity contribution is -0.303. The van der Waals surface area contributed by atoms with Crippen LogP contribution >= 0.6 is 0 Å². The van der Waals surface area contributed by atoms with Crippen LogP contribution in [0.3, 0.4) is 0 Å². The van der Waals surface area contributed by atoms with Gasteiger partial charge in [0.05, 0.1) is 13.2 Å². The number of unbranched alkanes of at least 4 members (excludes halogenated alkanes) is 22. The second-order valence-corrected chi connectivity index (χ2v) is 13.3. The van der Waals surface area contributed by atoms with Gasteiger partial charge in [-0.25, -0.2) is 0 Å². The van der Waals surface area contributed by atoms with Gasteiger partial charge in [0.15, 0.2) is 6.29 Å². The van der Waals surface area contributed by atoms with Gasteiger partial charge in [-0.15, -0.1) is 0 Å². The van der Waals surface area contributed by atoms with Crippen LogP contribution in [0.5, 0.6) is 0 Å². The summed E-state index contributed by atoms with van der Waals surface area (Å²) < 4.78 is 11.6. The first-order valence-corrected chi connectivity index (χ1v) is 18.5. The summed E-state index contributed by atoms with van der Waals surface area (Å²) in [4.78, 5) is 0. The van der Waals surface area contributed by atoms with Crippen LogP contribution in [0.4, 0.5) is 0 Å². The molecule has 0 aromatic rings. The van der Waals surface area contributed by atoms with E-state index < -0.39 is 37.3 Å². The summed E-state index contributed by atoms with van der Waals surface area (Å²) in [5.74, 6) is 0.392. The molecule has 6 heteroatoms. The highest BCUT2D eigenvalue weighted by Gasteiger charge is 2.44. The molecule has 0 amide bonds. The third-order valence-electron chi connectivity index (χ3n) is 9.28. The first-order chi connectivity index (χ1) is 20.5. The molecule has 42 heavy (non-hydrogen) atoms. The van der Waals surface area contributed by atoms with Crippen molar-refractivity contribution in [3.8, 4) is 0 Å². The Bertz CT molecular complexity index is 531. The van der Waals surface area contributed by atoms with Gasteiger partial charge in [-0.1, -0.05) is 168 Å². The van der Waals surface area contributed by atoms with E-state index in [2.05, 4.69) is 13.8 Å². The Labute approximate surface area is 260 Å². The molecule has 0 saturated carbocycles. The van der Waals surface area contributed by atoms with E-state index in [4.69, 9.17) is 9.47 Å². The Kier molecular flexibility index (Phi) is 26.8. The number of aliphatic hydroxyl groups is 4. The SMILES string of the molecule is CCCCCCCCCCCCCCC(CCCCCCCCCCCCCC)CO[C@H]1O[C@H](CO)[C@H](O)[C@H](O)[C@H]1O. The topological polar surface area (TPSA) is 99.4 Å². The van der Waals surface area contributed by atoms with Crippen LogP contribution < -0.4 is 0 Å². The van der Waals surface area contributed by atoms with E-state index in [0.29, 0.717) is 12.5 Å². The van der Waals surface area contributed by atoms with Crippen molar-refractivity contribution in [2.45, 2.75) is 211 Å². The summed E-state index contributed by atoms with van der Waals surface area (Å²) in [7, 11) is 0. The lowest BCUT2D eigenvalue weighted by Gasteiger charge is -2.40. The van der Waals surface area contributed by atoms with E-state index in [-0.39, 0.29) is 0 Å². The average molecular weight is 601 g/mol. The second kappa shape index (κ2) is 28.2. The van der Waals surface area contributed by atoms with Crippen LogP contribution in [0, 0.1) is 5.92 Å². The molecule has 1 saturated heterocycles. The second-order valence-electron chi connectivity index (χ2n) is 13.3. The summed E-state index contributed by atoms with van der Waals surface area (Å²) in [5, 5.41) is 40.0. The molecule has 252 valence electrons. The lowest BCUT2D eigenvalue weighted by Crippen LogP contribution is -2.59. The first kappa shape index (κ1) is 39.8. The standard InChI is InChI=1S/C36H72O6/c1-3-5-7-9-11-13-15-17-19-21-23-25-27-31(28-26-24-22-20-18-16-14-12-10-8-6-4-2)30-41-36-35(40)34(39)33(38)32(29-37)42-36/h31-40H,3-30H2,1-2H3/t32-,33+,34+,35-,36+/m1/s1. The lowest BCUT2D eigenvalue weighted by atomic mass is 9.94. The van der Waals surface area contributed by atoms with Crippen molar-refractivity contribution < 1.29 is 29.9 Å². The maximum absolute atomic E-state index is 10.4. The zero-order chi connectivity index (χ0) is 30.7. The fraction of sp³-hybridized carbons (Fsp3) is 1.00. The maximum atomic E-state index is 10.4. The van der Waals surface area contributed by atoms with E-state index >= 15 is 0 Å². The van der Waals surface area contributed by atoms with Gasteiger partial charge in [-0.2, -0.15) is 0 Å². The number of aliphatic hydroxyl groups excluding tert-OH is 4. The smallest absolute Gasteiger partial charge is 0.186 e. The Balaban J connectivity index is 2.28. The predicted molar refractivity (Wildman–Crippen MR) is 175 cm³/mol. The molecule has 4 N–H and O–H groups in total. The summed E-state index contributed by atoms with van der Waals surface area (Å²) in [5.41, 5.74) is 0. The van der Waals surface area contributed by atoms with E-state index in [1.807, 2.05) is 0 Å². The number of rotatable bonds is 30. The predicted octanol–water partition coefficient (Wildman–Crippen LogP) is 8.60. The molecule has 1 fully saturated rings. The Morgan fingerprint density at radius 1 is 0.500 bits per heavy atom. The van der Waals surface area contributed by atoms with Gasteiger partial charge in [0, 0.05) is 0 Å². The highest BCUT2D eigenvalue weighted by atomic mass is 16.7. The summed E-state index contributed by atoms with van der Waals surface area (Å²) in [6, 6.07) is 0.